The van der Waals surface area contributed by atoms with Crippen LogP contribution in [0.15, 0.2) is 29.2 Å². The molecule has 0 radical (unpaired) electrons. The van der Waals surface area contributed by atoms with E-state index < -0.39 is 9.84 Å². The molecule has 0 unspecified atom stereocenters. The molecule has 7 nitrogen and oxygen atoms in total. The highest BCUT2D eigenvalue weighted by Crippen LogP contribution is 2.13. The number of rotatable bonds is 5. The van der Waals surface area contributed by atoms with Crippen molar-refractivity contribution in [1.29, 1.82) is 0 Å². The van der Waals surface area contributed by atoms with Crippen LogP contribution in [0.4, 0.5) is 11.9 Å². The van der Waals surface area contributed by atoms with E-state index in [0.717, 1.165) is 5.56 Å². The highest BCUT2D eigenvalue weighted by atomic mass is 35.5. The quantitative estimate of drug-likeness (QED) is 0.860. The molecule has 2 aromatic rings. The molecule has 2 rings (SSSR count). The molecule has 0 aliphatic heterocycles. The van der Waals surface area contributed by atoms with E-state index in [9.17, 15) is 8.42 Å². The van der Waals surface area contributed by atoms with Crippen LogP contribution in [-0.2, 0) is 16.4 Å². The van der Waals surface area contributed by atoms with Gasteiger partial charge in [0.2, 0.25) is 17.2 Å². The highest BCUT2D eigenvalue weighted by molar-refractivity contribution is 7.90. The predicted octanol–water partition coefficient (Wildman–Crippen LogP) is 1.58. The van der Waals surface area contributed by atoms with Crippen molar-refractivity contribution in [1.82, 2.24) is 15.0 Å². The lowest BCUT2D eigenvalue weighted by Gasteiger charge is -2.07. The second-order valence-corrected chi connectivity index (χ2v) is 6.63. The van der Waals surface area contributed by atoms with E-state index in [-0.39, 0.29) is 10.2 Å². The van der Waals surface area contributed by atoms with Crippen LogP contribution in [0.1, 0.15) is 5.56 Å². The van der Waals surface area contributed by atoms with Crippen molar-refractivity contribution in [3.8, 4) is 0 Å². The van der Waals surface area contributed by atoms with Crippen molar-refractivity contribution in [2.75, 3.05) is 23.9 Å². The van der Waals surface area contributed by atoms with Crippen LogP contribution < -0.4 is 10.6 Å². The normalized spacial score (nSPS) is 11.2. The van der Waals surface area contributed by atoms with Gasteiger partial charge in [0.1, 0.15) is 0 Å². The molecule has 0 aliphatic rings. The second-order valence-electron chi connectivity index (χ2n) is 4.27. The van der Waals surface area contributed by atoms with E-state index in [1.807, 2.05) is 0 Å². The number of hydrogen-bond donors (Lipinski definition) is 2. The second kappa shape index (κ2) is 6.23. The number of nitrogens with one attached hydrogen (secondary N) is 2. The number of benzene rings is 1. The van der Waals surface area contributed by atoms with Crippen LogP contribution in [0.2, 0.25) is 5.28 Å². The molecule has 0 saturated heterocycles. The molecule has 1 heterocycles. The molecule has 112 valence electrons. The zero-order chi connectivity index (χ0) is 15.5. The Balaban J connectivity index is 2.08. The van der Waals surface area contributed by atoms with E-state index >= 15 is 0 Å². The Morgan fingerprint density at radius 3 is 2.29 bits per heavy atom. The van der Waals surface area contributed by atoms with Crippen LogP contribution in [0.3, 0.4) is 0 Å². The summed E-state index contributed by atoms with van der Waals surface area (Å²) in [7, 11) is -1.50. The lowest BCUT2D eigenvalue weighted by molar-refractivity contribution is 0.602. The summed E-state index contributed by atoms with van der Waals surface area (Å²) in [5.41, 5.74) is 0.893. The Kier molecular flexibility index (Phi) is 4.59. The van der Waals surface area contributed by atoms with Gasteiger partial charge in [0, 0.05) is 19.8 Å². The van der Waals surface area contributed by atoms with Crippen molar-refractivity contribution in [3.63, 3.8) is 0 Å². The molecule has 0 fully saturated rings. The summed E-state index contributed by atoms with van der Waals surface area (Å²) in [4.78, 5) is 12.2. The Morgan fingerprint density at radius 1 is 1.10 bits per heavy atom. The van der Waals surface area contributed by atoms with Gasteiger partial charge in [-0.25, -0.2) is 8.42 Å². The maximum absolute atomic E-state index is 11.4. The minimum Gasteiger partial charge on any atom is -0.357 e. The maximum atomic E-state index is 11.4. The first-order valence-corrected chi connectivity index (χ1v) is 8.27. The summed E-state index contributed by atoms with van der Waals surface area (Å²) < 4.78 is 22.7. The van der Waals surface area contributed by atoms with Crippen LogP contribution >= 0.6 is 11.6 Å². The van der Waals surface area contributed by atoms with Crippen molar-refractivity contribution < 1.29 is 8.42 Å². The third kappa shape index (κ3) is 4.27. The highest BCUT2D eigenvalue weighted by Gasteiger charge is 2.07. The summed E-state index contributed by atoms with van der Waals surface area (Å²) in [6.07, 6.45) is 1.17. The average Bonchev–Trinajstić information content (AvgIpc) is 2.44. The standard InChI is InChI=1S/C12H14ClN5O2S/c1-14-11-16-10(13)17-12(18-11)15-7-8-3-5-9(6-4-8)21(2,19)20/h3-6H,7H2,1-2H3,(H2,14,15,16,17,18). The Labute approximate surface area is 127 Å². The van der Waals surface area contributed by atoms with Gasteiger partial charge in [-0.2, -0.15) is 15.0 Å². The molecule has 0 saturated carbocycles. The van der Waals surface area contributed by atoms with Crippen LogP contribution in [-0.4, -0.2) is 36.7 Å². The predicted molar refractivity (Wildman–Crippen MR) is 81.3 cm³/mol. The smallest absolute Gasteiger partial charge is 0.229 e. The molecule has 21 heavy (non-hydrogen) atoms. The molecule has 1 aromatic heterocycles. The van der Waals surface area contributed by atoms with Gasteiger partial charge >= 0.3 is 0 Å². The number of hydrogen-bond acceptors (Lipinski definition) is 7. The van der Waals surface area contributed by atoms with Gasteiger partial charge in [0.05, 0.1) is 4.90 Å². The number of sulfone groups is 1. The SMILES string of the molecule is CNc1nc(Cl)nc(NCc2ccc(S(C)(=O)=O)cc2)n1. The minimum absolute atomic E-state index is 0.0873. The number of aromatic nitrogens is 3. The van der Waals surface area contributed by atoms with Crippen molar-refractivity contribution in [2.45, 2.75) is 11.4 Å². The van der Waals surface area contributed by atoms with Crippen LogP contribution in [0.5, 0.6) is 0 Å². The fourth-order valence-electron chi connectivity index (χ4n) is 1.58. The molecule has 0 spiro atoms. The Hall–Kier alpha value is -1.93. The van der Waals surface area contributed by atoms with Gasteiger partial charge < -0.3 is 10.6 Å². The zero-order valence-corrected chi connectivity index (χ0v) is 13.0. The first kappa shape index (κ1) is 15.5. The lowest BCUT2D eigenvalue weighted by atomic mass is 10.2. The summed E-state index contributed by atoms with van der Waals surface area (Å²) in [5, 5.41) is 5.86. The largest absolute Gasteiger partial charge is 0.357 e. The first-order valence-electron chi connectivity index (χ1n) is 6.00. The molecule has 2 N–H and O–H groups in total. The average molecular weight is 328 g/mol. The minimum atomic E-state index is -3.18. The Morgan fingerprint density at radius 2 is 1.71 bits per heavy atom. The van der Waals surface area contributed by atoms with E-state index in [1.165, 1.54) is 6.26 Å². The number of anilines is 2. The van der Waals surface area contributed by atoms with Crippen LogP contribution in [0, 0.1) is 0 Å². The Bertz CT molecular complexity index is 734. The monoisotopic (exact) mass is 327 g/mol. The molecule has 1 aromatic carbocycles. The molecule has 0 bridgehead atoms. The van der Waals surface area contributed by atoms with Gasteiger partial charge in [0.15, 0.2) is 9.84 Å². The molecule has 0 aliphatic carbocycles. The van der Waals surface area contributed by atoms with Crippen molar-refractivity contribution in [2.24, 2.45) is 0 Å². The fraction of sp³-hybridized carbons (Fsp3) is 0.250. The third-order valence-electron chi connectivity index (χ3n) is 2.63. The first-order chi connectivity index (χ1) is 9.88. The fourth-order valence-corrected chi connectivity index (χ4v) is 2.37. The summed E-state index contributed by atoms with van der Waals surface area (Å²) in [6, 6.07) is 6.58. The van der Waals surface area contributed by atoms with Crippen molar-refractivity contribution >= 4 is 33.3 Å². The topological polar surface area (TPSA) is 96.9 Å². The van der Waals surface area contributed by atoms with E-state index in [0.29, 0.717) is 18.4 Å². The lowest BCUT2D eigenvalue weighted by Crippen LogP contribution is -2.07. The number of halogens is 1. The van der Waals surface area contributed by atoms with Gasteiger partial charge in [-0.1, -0.05) is 12.1 Å². The molecule has 9 heteroatoms. The summed E-state index contributed by atoms with van der Waals surface area (Å²) in [6.45, 7) is 0.438. The molecule has 0 atom stereocenters. The van der Waals surface area contributed by atoms with E-state index in [4.69, 9.17) is 11.6 Å². The molecule has 0 amide bonds. The number of nitrogens with zero attached hydrogens (tertiary/aromatic N) is 3. The maximum Gasteiger partial charge on any atom is 0.229 e. The van der Waals surface area contributed by atoms with Gasteiger partial charge in [-0.05, 0) is 29.3 Å². The van der Waals surface area contributed by atoms with E-state index in [1.54, 1.807) is 31.3 Å². The van der Waals surface area contributed by atoms with Gasteiger partial charge in [-0.3, -0.25) is 0 Å². The van der Waals surface area contributed by atoms with Crippen LogP contribution in [0.25, 0.3) is 0 Å². The van der Waals surface area contributed by atoms with Crippen molar-refractivity contribution in [3.05, 3.63) is 35.1 Å². The van der Waals surface area contributed by atoms with E-state index in [2.05, 4.69) is 25.6 Å². The van der Waals surface area contributed by atoms with Gasteiger partial charge in [0.25, 0.3) is 0 Å². The summed E-state index contributed by atoms with van der Waals surface area (Å²) >= 11 is 5.77. The third-order valence-corrected chi connectivity index (χ3v) is 3.93. The summed E-state index contributed by atoms with van der Waals surface area (Å²) in [5.74, 6) is 0.705. The zero-order valence-electron chi connectivity index (χ0n) is 11.5. The molecular formula is C12H14ClN5O2S. The molecular weight excluding hydrogens is 314 g/mol. The van der Waals surface area contributed by atoms with Gasteiger partial charge in [-0.15, -0.1) is 0 Å².